The minimum Gasteiger partial charge on any atom is -0.595 e. The van der Waals surface area contributed by atoms with Gasteiger partial charge in [0.15, 0.2) is 0 Å². The standard InChI is InChI=1S/C23H26N4O6/c1-33-20-5-3-2-4-18(20)25-13-16(9-21(25)28)22(29)24-10-14-8-15(12-24)17-6-7-19(27(31)32)23(30)26(17)11-14/h2-7,14-16,27,31H,8-13H2,1H3/t14-,15-,16?/m0/s1. The highest BCUT2D eigenvalue weighted by atomic mass is 16.8. The number of carbonyl (C=O) groups is 2. The molecule has 3 aliphatic heterocycles. The Morgan fingerprint density at radius 3 is 2.67 bits per heavy atom. The van der Waals surface area contributed by atoms with Crippen LogP contribution < -0.4 is 20.4 Å². The number of carbonyl (C=O) groups excluding carboxylic acids is 2. The third-order valence-electron chi connectivity index (χ3n) is 7.00. The number of hydrogen-bond acceptors (Lipinski definition) is 6. The molecule has 0 saturated carbocycles. The van der Waals surface area contributed by atoms with Crippen molar-refractivity contribution in [2.45, 2.75) is 25.3 Å². The van der Waals surface area contributed by atoms with Gasteiger partial charge in [-0.15, -0.1) is 0 Å². The van der Waals surface area contributed by atoms with E-state index in [1.54, 1.807) is 28.7 Å². The Morgan fingerprint density at radius 2 is 1.91 bits per heavy atom. The van der Waals surface area contributed by atoms with Gasteiger partial charge in [0, 0.05) is 50.3 Å². The zero-order valence-corrected chi connectivity index (χ0v) is 18.3. The number of para-hydroxylation sites is 2. The SMILES string of the molecule is COc1ccccc1N1CC(C(=O)N2C[C@@H]3C[C@@H](C2)c2ccc([NH+]([O-])O)c(=O)n2C3)CC1=O. The maximum absolute atomic E-state index is 13.4. The summed E-state index contributed by atoms with van der Waals surface area (Å²) in [6.07, 6.45) is 1.01. The molecule has 1 aromatic carbocycles. The van der Waals surface area contributed by atoms with Crippen molar-refractivity contribution in [1.29, 1.82) is 0 Å². The molecule has 0 aliphatic carbocycles. The van der Waals surface area contributed by atoms with Crippen LogP contribution in [0.3, 0.4) is 0 Å². The molecule has 4 atom stereocenters. The van der Waals surface area contributed by atoms with Crippen LogP contribution in [0.5, 0.6) is 5.75 Å². The van der Waals surface area contributed by atoms with Crippen molar-refractivity contribution < 1.29 is 24.8 Å². The Kier molecular flexibility index (Phi) is 5.43. The average Bonchev–Trinajstić information content (AvgIpc) is 3.20. The van der Waals surface area contributed by atoms with Crippen LogP contribution in [0.2, 0.25) is 0 Å². The molecule has 2 fully saturated rings. The summed E-state index contributed by atoms with van der Waals surface area (Å²) in [4.78, 5) is 42.2. The Balaban J connectivity index is 1.34. The number of piperidine rings is 1. The van der Waals surface area contributed by atoms with Crippen LogP contribution in [0, 0.1) is 17.0 Å². The molecule has 2 amide bonds. The lowest BCUT2D eigenvalue weighted by atomic mass is 9.82. The van der Waals surface area contributed by atoms with Crippen molar-refractivity contribution in [2.75, 3.05) is 31.6 Å². The first-order valence-corrected chi connectivity index (χ1v) is 11.1. The lowest BCUT2D eigenvalue weighted by Crippen LogP contribution is -3.00. The highest BCUT2D eigenvalue weighted by Crippen LogP contribution is 2.38. The molecule has 2 bridgehead atoms. The van der Waals surface area contributed by atoms with E-state index in [2.05, 4.69) is 0 Å². The van der Waals surface area contributed by atoms with Crippen molar-refractivity contribution in [1.82, 2.24) is 9.47 Å². The summed E-state index contributed by atoms with van der Waals surface area (Å²) in [5.74, 6) is 0.0531. The van der Waals surface area contributed by atoms with Crippen LogP contribution in [-0.2, 0) is 16.1 Å². The van der Waals surface area contributed by atoms with Crippen molar-refractivity contribution in [3.05, 3.63) is 57.7 Å². The predicted octanol–water partition coefficient (Wildman–Crippen LogP) is 0.259. The molecular weight excluding hydrogens is 428 g/mol. The number of nitrogens with zero attached hydrogens (tertiary/aromatic N) is 3. The van der Waals surface area contributed by atoms with Gasteiger partial charge in [-0.05, 0) is 30.5 Å². The maximum atomic E-state index is 13.4. The van der Waals surface area contributed by atoms with Gasteiger partial charge in [-0.25, -0.2) is 5.21 Å². The number of fused-ring (bicyclic) bond motifs is 4. The molecule has 0 spiro atoms. The summed E-state index contributed by atoms with van der Waals surface area (Å²) in [5, 5.41) is 19.4. The van der Waals surface area contributed by atoms with Gasteiger partial charge in [-0.3, -0.25) is 14.4 Å². The quantitative estimate of drug-likeness (QED) is 0.640. The number of quaternary nitrogens is 1. The van der Waals surface area contributed by atoms with Gasteiger partial charge in [-0.2, -0.15) is 5.23 Å². The molecule has 1 aromatic heterocycles. The van der Waals surface area contributed by atoms with Crippen LogP contribution in [0.15, 0.2) is 41.2 Å². The Labute approximate surface area is 190 Å². The molecule has 5 rings (SSSR count). The Bertz CT molecular complexity index is 1160. The third kappa shape index (κ3) is 3.69. The minimum atomic E-state index is -1.23. The molecule has 2 N–H and O–H groups in total. The summed E-state index contributed by atoms with van der Waals surface area (Å²) in [5.41, 5.74) is 0.728. The number of aromatic nitrogens is 1. The van der Waals surface area contributed by atoms with Crippen molar-refractivity contribution in [3.8, 4) is 5.75 Å². The van der Waals surface area contributed by atoms with Crippen LogP contribution in [-0.4, -0.2) is 53.2 Å². The fraction of sp³-hybridized carbons (Fsp3) is 0.435. The number of nitrogens with one attached hydrogen (secondary N) is 1. The first-order chi connectivity index (χ1) is 15.9. The number of rotatable bonds is 4. The zero-order valence-electron chi connectivity index (χ0n) is 18.3. The number of methoxy groups -OCH3 is 1. The van der Waals surface area contributed by atoms with Crippen LogP contribution in [0.1, 0.15) is 24.5 Å². The van der Waals surface area contributed by atoms with E-state index in [-0.39, 0.29) is 35.8 Å². The maximum Gasteiger partial charge on any atom is 0.315 e. The number of pyridine rings is 1. The van der Waals surface area contributed by atoms with Gasteiger partial charge in [0.25, 0.3) is 0 Å². The smallest absolute Gasteiger partial charge is 0.315 e. The molecule has 33 heavy (non-hydrogen) atoms. The second-order valence-corrected chi connectivity index (χ2v) is 9.01. The number of amides is 2. The predicted molar refractivity (Wildman–Crippen MR) is 117 cm³/mol. The van der Waals surface area contributed by atoms with Gasteiger partial charge in [0.1, 0.15) is 5.75 Å². The third-order valence-corrected chi connectivity index (χ3v) is 7.00. The topological polar surface area (TPSA) is 120 Å². The second kappa shape index (κ2) is 8.29. The number of ether oxygens (including phenoxy) is 1. The molecule has 174 valence electrons. The van der Waals surface area contributed by atoms with Gasteiger partial charge >= 0.3 is 5.56 Å². The van der Waals surface area contributed by atoms with E-state index in [0.29, 0.717) is 37.6 Å². The first-order valence-electron chi connectivity index (χ1n) is 11.1. The van der Waals surface area contributed by atoms with Gasteiger partial charge in [-0.1, -0.05) is 12.1 Å². The molecular formula is C23H26N4O6. The van der Waals surface area contributed by atoms with Crippen LogP contribution >= 0.6 is 0 Å². The minimum absolute atomic E-state index is 0.0283. The number of likely N-dealkylation sites (tertiary alicyclic amines) is 1. The lowest BCUT2D eigenvalue weighted by Gasteiger charge is -2.43. The van der Waals surface area contributed by atoms with E-state index in [1.807, 2.05) is 23.1 Å². The first kappa shape index (κ1) is 21.6. The van der Waals surface area contributed by atoms with E-state index in [0.717, 1.165) is 12.1 Å². The summed E-state index contributed by atoms with van der Waals surface area (Å²) >= 11 is 0. The van der Waals surface area contributed by atoms with Gasteiger partial charge < -0.3 is 24.3 Å². The van der Waals surface area contributed by atoms with Gasteiger partial charge in [0.2, 0.25) is 17.5 Å². The van der Waals surface area contributed by atoms with Crippen LogP contribution in [0.25, 0.3) is 0 Å². The molecule has 2 aromatic rings. The van der Waals surface area contributed by atoms with E-state index in [1.165, 1.54) is 6.07 Å². The molecule has 2 unspecified atom stereocenters. The summed E-state index contributed by atoms with van der Waals surface area (Å²) < 4.78 is 6.94. The molecule has 3 aliphatic rings. The lowest BCUT2D eigenvalue weighted by molar-refractivity contribution is -0.992. The van der Waals surface area contributed by atoms with Crippen molar-refractivity contribution >= 4 is 23.2 Å². The fourth-order valence-corrected chi connectivity index (χ4v) is 5.51. The normalized spacial score (nSPS) is 25.1. The average molecular weight is 454 g/mol. The Hall–Kier alpha value is -3.21. The van der Waals surface area contributed by atoms with Gasteiger partial charge in [0.05, 0.1) is 18.7 Å². The molecule has 0 radical (unpaired) electrons. The number of hydrogen-bond donors (Lipinski definition) is 2. The molecule has 10 heteroatoms. The zero-order chi connectivity index (χ0) is 23.3. The summed E-state index contributed by atoms with van der Waals surface area (Å²) in [6, 6.07) is 10.3. The van der Waals surface area contributed by atoms with Crippen molar-refractivity contribution in [2.24, 2.45) is 11.8 Å². The molecule has 10 nitrogen and oxygen atoms in total. The monoisotopic (exact) mass is 454 g/mol. The highest BCUT2D eigenvalue weighted by molar-refractivity contribution is 6.01. The fourth-order valence-electron chi connectivity index (χ4n) is 5.51. The van der Waals surface area contributed by atoms with E-state index in [4.69, 9.17) is 4.74 Å². The number of benzene rings is 1. The molecule has 4 heterocycles. The van der Waals surface area contributed by atoms with Crippen molar-refractivity contribution in [3.63, 3.8) is 0 Å². The van der Waals surface area contributed by atoms with E-state index >= 15 is 0 Å². The molecule has 2 saturated heterocycles. The largest absolute Gasteiger partial charge is 0.595 e. The highest BCUT2D eigenvalue weighted by Gasteiger charge is 2.42. The Morgan fingerprint density at radius 1 is 1.12 bits per heavy atom. The summed E-state index contributed by atoms with van der Waals surface area (Å²) in [6.45, 7) is 1.66. The van der Waals surface area contributed by atoms with E-state index in [9.17, 15) is 24.8 Å². The van der Waals surface area contributed by atoms with Crippen LogP contribution in [0.4, 0.5) is 11.4 Å². The second-order valence-electron chi connectivity index (χ2n) is 9.01. The van der Waals surface area contributed by atoms with E-state index < -0.39 is 16.7 Å². The summed E-state index contributed by atoms with van der Waals surface area (Å²) in [7, 11) is 1.55. The number of anilines is 1.